The highest BCUT2D eigenvalue weighted by atomic mass is 79.9. The molecule has 0 aromatic heterocycles. The van der Waals surface area contributed by atoms with Crippen molar-refractivity contribution >= 4 is 34.3 Å². The molecule has 0 amide bonds. The minimum atomic E-state index is -1.10. The number of benzene rings is 1. The molecule has 84 valence electrons. The Morgan fingerprint density at radius 2 is 2.07 bits per heavy atom. The van der Waals surface area contributed by atoms with Crippen LogP contribution < -0.4 is 5.73 Å². The molecule has 0 aliphatic carbocycles. The van der Waals surface area contributed by atoms with Crippen LogP contribution in [0.25, 0.3) is 0 Å². The first-order chi connectivity index (χ1) is 6.45. The van der Waals surface area contributed by atoms with Crippen LogP contribution in [0.4, 0.5) is 0 Å². The zero-order valence-electron chi connectivity index (χ0n) is 7.90. The molecule has 1 rings (SSSR count). The van der Waals surface area contributed by atoms with Crippen LogP contribution >= 0.6 is 28.3 Å². The highest BCUT2D eigenvalue weighted by molar-refractivity contribution is 9.10. The predicted molar refractivity (Wildman–Crippen MR) is 62.6 cm³/mol. The first-order valence-electron chi connectivity index (χ1n) is 3.95. The average Bonchev–Trinajstić information content (AvgIpc) is 2.08. The van der Waals surface area contributed by atoms with E-state index in [0.29, 0.717) is 4.47 Å². The number of rotatable bonds is 2. The Kier molecular flexibility index (Phi) is 5.07. The van der Waals surface area contributed by atoms with Crippen LogP contribution in [0.15, 0.2) is 16.6 Å². The smallest absolute Gasteiger partial charge is 0.336 e. The minimum Gasteiger partial charge on any atom is -0.506 e. The molecule has 0 aliphatic rings. The number of halogens is 2. The average molecular weight is 297 g/mol. The molecule has 0 heterocycles. The molecule has 0 fully saturated rings. The quantitative estimate of drug-likeness (QED) is 0.782. The van der Waals surface area contributed by atoms with E-state index in [2.05, 4.69) is 15.9 Å². The lowest BCUT2D eigenvalue weighted by Crippen LogP contribution is -2.12. The molecule has 1 atom stereocenters. The Bertz CT molecular complexity index is 382. The van der Waals surface area contributed by atoms with E-state index in [0.717, 1.165) is 0 Å². The van der Waals surface area contributed by atoms with Crippen molar-refractivity contribution in [1.82, 2.24) is 0 Å². The van der Waals surface area contributed by atoms with Crippen molar-refractivity contribution in [3.05, 3.63) is 27.7 Å². The van der Waals surface area contributed by atoms with Crippen molar-refractivity contribution in [2.45, 2.75) is 13.0 Å². The summed E-state index contributed by atoms with van der Waals surface area (Å²) in [6.07, 6.45) is 0. The van der Waals surface area contributed by atoms with E-state index >= 15 is 0 Å². The van der Waals surface area contributed by atoms with Crippen LogP contribution in [0, 0.1) is 0 Å². The molecular weight excluding hydrogens is 285 g/mol. The lowest BCUT2D eigenvalue weighted by atomic mass is 10.0. The van der Waals surface area contributed by atoms with Crippen LogP contribution in [0.1, 0.15) is 28.9 Å². The number of nitrogens with two attached hydrogens (primary N) is 1. The summed E-state index contributed by atoms with van der Waals surface area (Å²) in [5.74, 6) is -1.21. The maximum atomic E-state index is 10.8. The number of hydrogen-bond donors (Lipinski definition) is 3. The highest BCUT2D eigenvalue weighted by Crippen LogP contribution is 2.33. The number of aromatic carboxylic acids is 1. The van der Waals surface area contributed by atoms with Gasteiger partial charge in [-0.25, -0.2) is 4.79 Å². The summed E-state index contributed by atoms with van der Waals surface area (Å²) in [5.41, 5.74) is 5.85. The number of carboxylic acids is 1. The lowest BCUT2D eigenvalue weighted by molar-refractivity contribution is 0.0694. The number of phenols is 1. The summed E-state index contributed by atoms with van der Waals surface area (Å²) in [7, 11) is 0. The minimum absolute atomic E-state index is 0. The molecule has 15 heavy (non-hydrogen) atoms. The fraction of sp³-hybridized carbons (Fsp3) is 0.222. The van der Waals surface area contributed by atoms with E-state index in [9.17, 15) is 9.90 Å². The van der Waals surface area contributed by atoms with E-state index in [1.165, 1.54) is 12.1 Å². The number of phenolic OH excluding ortho intramolecular Hbond substituents is 1. The summed E-state index contributed by atoms with van der Waals surface area (Å²) < 4.78 is 0.440. The van der Waals surface area contributed by atoms with Gasteiger partial charge >= 0.3 is 5.97 Å². The summed E-state index contributed by atoms with van der Waals surface area (Å²) in [4.78, 5) is 10.8. The Hall–Kier alpha value is -0.780. The maximum absolute atomic E-state index is 10.8. The van der Waals surface area contributed by atoms with E-state index < -0.39 is 12.0 Å². The normalized spacial score (nSPS) is 11.7. The molecule has 0 aliphatic heterocycles. The van der Waals surface area contributed by atoms with Gasteiger partial charge in [-0.15, -0.1) is 12.4 Å². The van der Waals surface area contributed by atoms with Crippen molar-refractivity contribution in [2.75, 3.05) is 0 Å². The van der Waals surface area contributed by atoms with Gasteiger partial charge in [0, 0.05) is 11.6 Å². The van der Waals surface area contributed by atoms with Crippen LogP contribution in [0.2, 0.25) is 0 Å². The number of hydrogen-bond acceptors (Lipinski definition) is 3. The van der Waals surface area contributed by atoms with Gasteiger partial charge < -0.3 is 15.9 Å². The number of carbonyl (C=O) groups is 1. The summed E-state index contributed by atoms with van der Waals surface area (Å²) in [6, 6.07) is 2.36. The van der Waals surface area contributed by atoms with Gasteiger partial charge in [0.25, 0.3) is 0 Å². The summed E-state index contributed by atoms with van der Waals surface area (Å²) >= 11 is 3.10. The third-order valence-electron chi connectivity index (χ3n) is 1.85. The van der Waals surface area contributed by atoms with Gasteiger partial charge in [0.15, 0.2) is 0 Å². The number of aromatic hydroxyl groups is 1. The maximum Gasteiger partial charge on any atom is 0.336 e. The lowest BCUT2D eigenvalue weighted by Gasteiger charge is -2.12. The van der Waals surface area contributed by atoms with E-state index in [1.54, 1.807) is 6.92 Å². The largest absolute Gasteiger partial charge is 0.506 e. The molecule has 4 N–H and O–H groups in total. The SMILES string of the molecule is C[C@@H](N)c1c(C(=O)O)ccc(Br)c1O.Cl. The van der Waals surface area contributed by atoms with Crippen molar-refractivity contribution in [2.24, 2.45) is 5.73 Å². The van der Waals surface area contributed by atoms with Gasteiger partial charge in [-0.1, -0.05) is 0 Å². The van der Waals surface area contributed by atoms with Crippen molar-refractivity contribution < 1.29 is 15.0 Å². The van der Waals surface area contributed by atoms with Gasteiger partial charge in [0.05, 0.1) is 10.0 Å². The second-order valence-corrected chi connectivity index (χ2v) is 3.81. The van der Waals surface area contributed by atoms with E-state index in [4.69, 9.17) is 10.8 Å². The predicted octanol–water partition coefficient (Wildman–Crippen LogP) is 2.29. The van der Waals surface area contributed by atoms with Crippen LogP contribution in [0.3, 0.4) is 0 Å². The molecule has 1 aromatic rings. The zero-order chi connectivity index (χ0) is 10.9. The standard InChI is InChI=1S/C9H10BrNO3.ClH/c1-4(11)7-5(9(13)14)2-3-6(10)8(7)12;/h2-4,12H,11H2,1H3,(H,13,14);1H/t4-;/m1./s1. The van der Waals surface area contributed by atoms with Gasteiger partial charge in [-0.2, -0.15) is 0 Å². The third kappa shape index (κ3) is 2.84. The molecule has 0 radical (unpaired) electrons. The molecule has 0 saturated heterocycles. The Morgan fingerprint density at radius 1 is 1.53 bits per heavy atom. The van der Waals surface area contributed by atoms with Crippen molar-refractivity contribution in [3.8, 4) is 5.75 Å². The molecule has 0 unspecified atom stereocenters. The Labute approximate surface area is 102 Å². The zero-order valence-corrected chi connectivity index (χ0v) is 10.3. The van der Waals surface area contributed by atoms with E-state index in [-0.39, 0.29) is 29.3 Å². The molecule has 0 bridgehead atoms. The molecule has 6 heteroatoms. The van der Waals surface area contributed by atoms with Crippen molar-refractivity contribution in [1.29, 1.82) is 0 Å². The Morgan fingerprint density at radius 3 is 2.47 bits per heavy atom. The van der Waals surface area contributed by atoms with Gasteiger partial charge in [-0.05, 0) is 35.0 Å². The van der Waals surface area contributed by atoms with E-state index in [1.807, 2.05) is 0 Å². The van der Waals surface area contributed by atoms with Crippen LogP contribution in [0.5, 0.6) is 5.75 Å². The number of carboxylic acid groups (broad SMARTS) is 1. The monoisotopic (exact) mass is 295 g/mol. The fourth-order valence-corrected chi connectivity index (χ4v) is 1.57. The first-order valence-corrected chi connectivity index (χ1v) is 4.74. The molecule has 4 nitrogen and oxygen atoms in total. The third-order valence-corrected chi connectivity index (χ3v) is 2.49. The molecule has 0 spiro atoms. The first kappa shape index (κ1) is 14.2. The van der Waals surface area contributed by atoms with Crippen LogP contribution in [-0.4, -0.2) is 16.2 Å². The second kappa shape index (κ2) is 5.34. The van der Waals surface area contributed by atoms with Gasteiger partial charge in [-0.3, -0.25) is 0 Å². The topological polar surface area (TPSA) is 83.6 Å². The van der Waals surface area contributed by atoms with Gasteiger partial charge in [0.1, 0.15) is 5.75 Å². The second-order valence-electron chi connectivity index (χ2n) is 2.95. The molecule has 1 aromatic carbocycles. The highest BCUT2D eigenvalue weighted by Gasteiger charge is 2.18. The summed E-state index contributed by atoms with van der Waals surface area (Å²) in [5, 5.41) is 18.5. The molecule has 0 saturated carbocycles. The van der Waals surface area contributed by atoms with Crippen LogP contribution in [-0.2, 0) is 0 Å². The van der Waals surface area contributed by atoms with Gasteiger partial charge in [0.2, 0.25) is 0 Å². The fourth-order valence-electron chi connectivity index (χ4n) is 1.23. The summed E-state index contributed by atoms with van der Waals surface area (Å²) in [6.45, 7) is 1.62. The molecular formula is C9H11BrClNO3. The Balaban J connectivity index is 0.00000196. The van der Waals surface area contributed by atoms with Crippen molar-refractivity contribution in [3.63, 3.8) is 0 Å².